The van der Waals surface area contributed by atoms with E-state index in [4.69, 9.17) is 4.74 Å². The van der Waals surface area contributed by atoms with Crippen LogP contribution < -0.4 is 5.32 Å². The molecule has 4 aliphatic rings. The molecule has 0 bridgehead atoms. The van der Waals surface area contributed by atoms with Crippen molar-refractivity contribution >= 4 is 6.03 Å². The van der Waals surface area contributed by atoms with Crippen LogP contribution in [0, 0.1) is 11.8 Å². The molecule has 5 nitrogen and oxygen atoms in total. The number of likely N-dealkylation sites (tertiary alicyclic amines) is 1. The van der Waals surface area contributed by atoms with Gasteiger partial charge in [-0.1, -0.05) is 0 Å². The number of amides is 2. The van der Waals surface area contributed by atoms with Crippen molar-refractivity contribution in [2.75, 3.05) is 39.4 Å². The van der Waals surface area contributed by atoms with Crippen LogP contribution in [0.2, 0.25) is 0 Å². The summed E-state index contributed by atoms with van der Waals surface area (Å²) >= 11 is 0. The van der Waals surface area contributed by atoms with Crippen molar-refractivity contribution in [1.82, 2.24) is 15.1 Å². The Labute approximate surface area is 139 Å². The minimum atomic E-state index is 0.215. The zero-order chi connectivity index (χ0) is 15.6. The third-order valence-electron chi connectivity index (χ3n) is 6.01. The molecule has 2 aliphatic carbocycles. The largest absolute Gasteiger partial charge is 0.379 e. The van der Waals surface area contributed by atoms with Crippen molar-refractivity contribution in [3.63, 3.8) is 0 Å². The van der Waals surface area contributed by atoms with Gasteiger partial charge in [0.05, 0.1) is 13.2 Å². The van der Waals surface area contributed by atoms with Crippen molar-refractivity contribution in [2.24, 2.45) is 11.8 Å². The molecule has 23 heavy (non-hydrogen) atoms. The summed E-state index contributed by atoms with van der Waals surface area (Å²) in [6.07, 6.45) is 8.84. The highest BCUT2D eigenvalue weighted by Gasteiger charge is 2.43. The molecule has 2 aliphatic heterocycles. The average Bonchev–Trinajstić information content (AvgIpc) is 3.48. The summed E-state index contributed by atoms with van der Waals surface area (Å²) in [5.41, 5.74) is 0. The summed E-state index contributed by atoms with van der Waals surface area (Å²) in [5.74, 6) is 1.54. The molecular formula is C18H31N3O2. The number of urea groups is 1. The standard InChI is InChI=1S/C18H31N3O2/c22-18(19-17(14-4-5-14)15-6-7-15)21-8-2-1-3-16(21)13-20-9-11-23-12-10-20/h14-17H,1-13H2,(H,19,22)/t16-/m1/s1. The summed E-state index contributed by atoms with van der Waals surface area (Å²) in [7, 11) is 0. The molecule has 0 unspecified atom stereocenters. The molecule has 1 N–H and O–H groups in total. The smallest absolute Gasteiger partial charge is 0.317 e. The first kappa shape index (κ1) is 15.7. The molecule has 2 amide bonds. The second kappa shape index (κ2) is 6.98. The second-order valence-corrected chi connectivity index (χ2v) is 7.91. The summed E-state index contributed by atoms with van der Waals surface area (Å²) in [6, 6.07) is 1.07. The molecule has 2 heterocycles. The van der Waals surface area contributed by atoms with Crippen molar-refractivity contribution in [3.05, 3.63) is 0 Å². The van der Waals surface area contributed by atoms with E-state index in [0.717, 1.165) is 64.1 Å². The highest BCUT2D eigenvalue weighted by Crippen LogP contribution is 2.44. The van der Waals surface area contributed by atoms with Crippen molar-refractivity contribution in [3.8, 4) is 0 Å². The van der Waals surface area contributed by atoms with Crippen LogP contribution in [0.1, 0.15) is 44.9 Å². The fourth-order valence-corrected chi connectivity index (χ4v) is 4.30. The van der Waals surface area contributed by atoms with E-state index in [9.17, 15) is 4.79 Å². The molecule has 0 aromatic rings. The van der Waals surface area contributed by atoms with Gasteiger partial charge in [0.1, 0.15) is 0 Å². The van der Waals surface area contributed by atoms with E-state index < -0.39 is 0 Å². The molecular weight excluding hydrogens is 290 g/mol. The van der Waals surface area contributed by atoms with Gasteiger partial charge < -0.3 is 15.0 Å². The van der Waals surface area contributed by atoms with Gasteiger partial charge in [0.15, 0.2) is 0 Å². The van der Waals surface area contributed by atoms with Gasteiger partial charge in [0.2, 0.25) is 0 Å². The lowest BCUT2D eigenvalue weighted by molar-refractivity contribution is 0.0219. The molecule has 2 saturated carbocycles. The molecule has 0 radical (unpaired) electrons. The van der Waals surface area contributed by atoms with E-state index in [-0.39, 0.29) is 6.03 Å². The molecule has 5 heteroatoms. The van der Waals surface area contributed by atoms with Gasteiger partial charge in [-0.05, 0) is 56.8 Å². The lowest BCUT2D eigenvalue weighted by Crippen LogP contribution is -2.56. The Hall–Kier alpha value is -0.810. The van der Waals surface area contributed by atoms with Gasteiger partial charge >= 0.3 is 6.03 Å². The minimum absolute atomic E-state index is 0.215. The summed E-state index contributed by atoms with van der Waals surface area (Å²) in [6.45, 7) is 5.66. The highest BCUT2D eigenvalue weighted by molar-refractivity contribution is 5.75. The average molecular weight is 321 g/mol. The monoisotopic (exact) mass is 321 g/mol. The van der Waals surface area contributed by atoms with Gasteiger partial charge in [-0.25, -0.2) is 4.79 Å². The number of hydrogen-bond acceptors (Lipinski definition) is 3. The quantitative estimate of drug-likeness (QED) is 0.843. The Morgan fingerprint density at radius 3 is 2.35 bits per heavy atom. The number of nitrogens with one attached hydrogen (secondary N) is 1. The summed E-state index contributed by atoms with van der Waals surface area (Å²) < 4.78 is 5.45. The Bertz CT molecular complexity index is 404. The van der Waals surface area contributed by atoms with Gasteiger partial charge in [-0.15, -0.1) is 0 Å². The number of carbonyl (C=O) groups is 1. The van der Waals surface area contributed by atoms with E-state index in [1.165, 1.54) is 32.1 Å². The molecule has 0 aromatic carbocycles. The predicted molar refractivity (Wildman–Crippen MR) is 89.4 cm³/mol. The van der Waals surface area contributed by atoms with Crippen molar-refractivity contribution in [1.29, 1.82) is 0 Å². The summed E-state index contributed by atoms with van der Waals surface area (Å²) in [5, 5.41) is 3.42. The third-order valence-corrected chi connectivity index (χ3v) is 6.01. The maximum Gasteiger partial charge on any atom is 0.317 e. The van der Waals surface area contributed by atoms with Crippen LogP contribution in [0.5, 0.6) is 0 Å². The normalized spacial score (nSPS) is 29.8. The maximum absolute atomic E-state index is 12.9. The number of ether oxygens (including phenoxy) is 1. The van der Waals surface area contributed by atoms with E-state index in [1.807, 2.05) is 0 Å². The highest BCUT2D eigenvalue weighted by atomic mass is 16.5. The molecule has 4 rings (SSSR count). The van der Waals surface area contributed by atoms with Crippen LogP contribution in [0.4, 0.5) is 4.79 Å². The van der Waals surface area contributed by atoms with Gasteiger partial charge in [0, 0.05) is 38.3 Å². The lowest BCUT2D eigenvalue weighted by Gasteiger charge is -2.40. The van der Waals surface area contributed by atoms with Gasteiger partial charge in [-0.3, -0.25) is 4.90 Å². The molecule has 1 atom stereocenters. The first-order valence-corrected chi connectivity index (χ1v) is 9.68. The number of nitrogens with zero attached hydrogens (tertiary/aromatic N) is 2. The zero-order valence-corrected chi connectivity index (χ0v) is 14.2. The lowest BCUT2D eigenvalue weighted by atomic mass is 10.0. The number of piperidine rings is 1. The Balaban J connectivity index is 1.34. The predicted octanol–water partition coefficient (Wildman–Crippen LogP) is 2.07. The van der Waals surface area contributed by atoms with Gasteiger partial charge in [0.25, 0.3) is 0 Å². The first-order chi connectivity index (χ1) is 11.3. The SMILES string of the molecule is O=C(NC(C1CC1)C1CC1)N1CCCC[C@@H]1CN1CCOCC1. The number of hydrogen-bond donors (Lipinski definition) is 1. The van der Waals surface area contributed by atoms with Crippen LogP contribution in [-0.2, 0) is 4.74 Å². The Kier molecular flexibility index (Phi) is 4.76. The molecule has 4 fully saturated rings. The van der Waals surface area contributed by atoms with Crippen LogP contribution in [0.15, 0.2) is 0 Å². The van der Waals surface area contributed by atoms with Crippen LogP contribution in [0.3, 0.4) is 0 Å². The molecule has 0 aromatic heterocycles. The number of rotatable bonds is 5. The van der Waals surface area contributed by atoms with Gasteiger partial charge in [-0.2, -0.15) is 0 Å². The maximum atomic E-state index is 12.9. The van der Waals surface area contributed by atoms with Crippen molar-refractivity contribution < 1.29 is 9.53 Å². The zero-order valence-electron chi connectivity index (χ0n) is 14.2. The fourth-order valence-electron chi connectivity index (χ4n) is 4.30. The first-order valence-electron chi connectivity index (χ1n) is 9.68. The van der Waals surface area contributed by atoms with Crippen LogP contribution in [-0.4, -0.2) is 67.3 Å². The Morgan fingerprint density at radius 2 is 1.70 bits per heavy atom. The summed E-state index contributed by atoms with van der Waals surface area (Å²) in [4.78, 5) is 17.5. The Morgan fingerprint density at radius 1 is 1.00 bits per heavy atom. The second-order valence-electron chi connectivity index (χ2n) is 7.91. The topological polar surface area (TPSA) is 44.8 Å². The van der Waals surface area contributed by atoms with E-state index >= 15 is 0 Å². The number of carbonyl (C=O) groups excluding carboxylic acids is 1. The molecule has 130 valence electrons. The van der Waals surface area contributed by atoms with Crippen molar-refractivity contribution in [2.45, 2.75) is 57.0 Å². The van der Waals surface area contributed by atoms with Crippen LogP contribution in [0.25, 0.3) is 0 Å². The van der Waals surface area contributed by atoms with Crippen LogP contribution >= 0.6 is 0 Å². The fraction of sp³-hybridized carbons (Fsp3) is 0.944. The van der Waals surface area contributed by atoms with E-state index in [0.29, 0.717) is 12.1 Å². The third kappa shape index (κ3) is 4.00. The van der Waals surface area contributed by atoms with E-state index in [2.05, 4.69) is 15.1 Å². The minimum Gasteiger partial charge on any atom is -0.379 e. The molecule has 2 saturated heterocycles. The molecule has 0 spiro atoms. The van der Waals surface area contributed by atoms with E-state index in [1.54, 1.807) is 0 Å². The number of morpholine rings is 1.